The number of benzene rings is 1. The second-order valence-electron chi connectivity index (χ2n) is 7.58. The number of carbonyl (C=O) groups is 1. The van der Waals surface area contributed by atoms with Crippen molar-refractivity contribution in [3.63, 3.8) is 0 Å². The van der Waals surface area contributed by atoms with Crippen LogP contribution < -0.4 is 5.32 Å². The number of carbonyl (C=O) groups excluding carboxylic acids is 1. The van der Waals surface area contributed by atoms with Crippen LogP contribution in [0.2, 0.25) is 10.0 Å². The summed E-state index contributed by atoms with van der Waals surface area (Å²) in [5.74, 6) is 0.197. The number of nitrogens with one attached hydrogen (secondary N) is 1. The minimum atomic E-state index is -0.317. The van der Waals surface area contributed by atoms with E-state index < -0.39 is 0 Å². The van der Waals surface area contributed by atoms with E-state index in [2.05, 4.69) is 26.1 Å². The highest BCUT2D eigenvalue weighted by atomic mass is 35.5. The third-order valence-corrected chi connectivity index (χ3v) is 5.23. The molecule has 1 unspecified atom stereocenters. The summed E-state index contributed by atoms with van der Waals surface area (Å²) < 4.78 is 0. The number of hydrogen-bond acceptors (Lipinski definition) is 2. The van der Waals surface area contributed by atoms with Gasteiger partial charge in [-0.2, -0.15) is 0 Å². The Bertz CT molecular complexity index is 543. The van der Waals surface area contributed by atoms with Gasteiger partial charge in [0.1, 0.15) is 0 Å². The predicted molar refractivity (Wildman–Crippen MR) is 94.0 cm³/mol. The fourth-order valence-electron chi connectivity index (χ4n) is 3.05. The van der Waals surface area contributed by atoms with E-state index in [0.717, 1.165) is 38.8 Å². The maximum Gasteiger partial charge on any atom is 0.170 e. The Kier molecular flexibility index (Phi) is 5.58. The van der Waals surface area contributed by atoms with Gasteiger partial charge in [0, 0.05) is 17.5 Å². The molecule has 0 aliphatic carbocycles. The Morgan fingerprint density at radius 1 is 1.27 bits per heavy atom. The van der Waals surface area contributed by atoms with Gasteiger partial charge in [0.2, 0.25) is 0 Å². The van der Waals surface area contributed by atoms with Gasteiger partial charge in [0.05, 0.1) is 10.0 Å². The van der Waals surface area contributed by atoms with E-state index in [1.807, 2.05) is 0 Å². The van der Waals surface area contributed by atoms with E-state index in [0.29, 0.717) is 15.6 Å². The Morgan fingerprint density at radius 2 is 2.00 bits per heavy atom. The molecule has 1 aromatic carbocycles. The molecule has 1 atom stereocenters. The molecule has 1 heterocycles. The average Bonchev–Trinajstić information content (AvgIpc) is 2.47. The lowest BCUT2D eigenvalue weighted by atomic mass is 9.69. The monoisotopic (exact) mass is 341 g/mol. The molecule has 2 rings (SSSR count). The van der Waals surface area contributed by atoms with Crippen molar-refractivity contribution < 1.29 is 4.79 Å². The highest BCUT2D eigenvalue weighted by Gasteiger charge is 2.40. The fourth-order valence-corrected chi connectivity index (χ4v) is 3.34. The Morgan fingerprint density at radius 3 is 2.55 bits per heavy atom. The molecule has 1 aliphatic heterocycles. The van der Waals surface area contributed by atoms with Gasteiger partial charge in [0.25, 0.3) is 0 Å². The molecule has 1 saturated heterocycles. The van der Waals surface area contributed by atoms with Crippen LogP contribution in [0.15, 0.2) is 18.2 Å². The lowest BCUT2D eigenvalue weighted by molar-refractivity contribution is 0.0692. The van der Waals surface area contributed by atoms with Crippen molar-refractivity contribution in [3.8, 4) is 0 Å². The van der Waals surface area contributed by atoms with E-state index >= 15 is 0 Å². The number of Topliss-reactive ketones (excluding diaryl/α,β-unsaturated/α-hetero) is 1. The molecule has 4 heteroatoms. The maximum absolute atomic E-state index is 13.2. The van der Waals surface area contributed by atoms with Gasteiger partial charge in [-0.1, -0.05) is 44.0 Å². The standard InChI is InChI=1S/C18H25Cl2NO/c1-17(2,3)8-9-18(7-4-10-21-12-18)16(22)13-5-6-14(19)15(20)11-13/h5-6,11,21H,4,7-10,12H2,1-3H3. The van der Waals surface area contributed by atoms with Gasteiger partial charge < -0.3 is 5.32 Å². The normalized spacial score (nSPS) is 22.6. The van der Waals surface area contributed by atoms with Gasteiger partial charge in [-0.15, -0.1) is 0 Å². The van der Waals surface area contributed by atoms with Crippen LogP contribution in [0, 0.1) is 10.8 Å². The first-order chi connectivity index (χ1) is 10.2. The number of ketones is 1. The smallest absolute Gasteiger partial charge is 0.170 e. The first-order valence-electron chi connectivity index (χ1n) is 7.94. The highest BCUT2D eigenvalue weighted by molar-refractivity contribution is 6.42. The van der Waals surface area contributed by atoms with E-state index in [1.165, 1.54) is 0 Å². The molecule has 2 nitrogen and oxygen atoms in total. The van der Waals surface area contributed by atoms with E-state index in [9.17, 15) is 4.79 Å². The van der Waals surface area contributed by atoms with Crippen LogP contribution in [-0.2, 0) is 0 Å². The molecule has 1 N–H and O–H groups in total. The summed E-state index contributed by atoms with van der Waals surface area (Å²) >= 11 is 12.1. The molecule has 0 saturated carbocycles. The second kappa shape index (κ2) is 6.90. The van der Waals surface area contributed by atoms with Crippen LogP contribution in [0.4, 0.5) is 0 Å². The van der Waals surface area contributed by atoms with Crippen molar-refractivity contribution in [2.75, 3.05) is 13.1 Å². The number of rotatable bonds is 4. The summed E-state index contributed by atoms with van der Waals surface area (Å²) in [6.07, 6.45) is 3.91. The molecule has 0 bridgehead atoms. The SMILES string of the molecule is CC(C)(C)CCC1(C(=O)c2ccc(Cl)c(Cl)c2)CCCNC1. The van der Waals surface area contributed by atoms with Crippen molar-refractivity contribution >= 4 is 29.0 Å². The summed E-state index contributed by atoms with van der Waals surface area (Å²) in [4.78, 5) is 13.2. The minimum absolute atomic E-state index is 0.197. The van der Waals surface area contributed by atoms with E-state index in [4.69, 9.17) is 23.2 Å². The molecule has 0 spiro atoms. The largest absolute Gasteiger partial charge is 0.316 e. The molecule has 22 heavy (non-hydrogen) atoms. The van der Waals surface area contributed by atoms with Crippen molar-refractivity contribution in [1.82, 2.24) is 5.32 Å². The van der Waals surface area contributed by atoms with Crippen LogP contribution in [0.25, 0.3) is 0 Å². The van der Waals surface area contributed by atoms with Gasteiger partial charge in [-0.3, -0.25) is 4.79 Å². The van der Waals surface area contributed by atoms with Crippen molar-refractivity contribution in [1.29, 1.82) is 0 Å². The van der Waals surface area contributed by atoms with Crippen LogP contribution in [-0.4, -0.2) is 18.9 Å². The summed E-state index contributed by atoms with van der Waals surface area (Å²) in [5.41, 5.74) is 0.581. The first kappa shape index (κ1) is 17.8. The summed E-state index contributed by atoms with van der Waals surface area (Å²) in [5, 5.41) is 4.34. The molecule has 1 fully saturated rings. The van der Waals surface area contributed by atoms with Crippen molar-refractivity contribution in [2.45, 2.75) is 46.5 Å². The highest BCUT2D eigenvalue weighted by Crippen LogP contribution is 2.39. The van der Waals surface area contributed by atoms with Crippen molar-refractivity contribution in [2.24, 2.45) is 10.8 Å². The molecular weight excluding hydrogens is 317 g/mol. The summed E-state index contributed by atoms with van der Waals surface area (Å²) in [6, 6.07) is 5.22. The van der Waals surface area contributed by atoms with Gasteiger partial charge in [-0.05, 0) is 55.8 Å². The zero-order chi connectivity index (χ0) is 16.4. The summed E-state index contributed by atoms with van der Waals surface area (Å²) in [6.45, 7) is 8.41. The van der Waals surface area contributed by atoms with Gasteiger partial charge in [0.15, 0.2) is 5.78 Å². The first-order valence-corrected chi connectivity index (χ1v) is 8.70. The zero-order valence-corrected chi connectivity index (χ0v) is 15.2. The van der Waals surface area contributed by atoms with Crippen LogP contribution >= 0.6 is 23.2 Å². The third kappa shape index (κ3) is 4.24. The number of halogens is 2. The zero-order valence-electron chi connectivity index (χ0n) is 13.6. The molecule has 122 valence electrons. The number of hydrogen-bond donors (Lipinski definition) is 1. The fraction of sp³-hybridized carbons (Fsp3) is 0.611. The molecular formula is C18H25Cl2NO. The minimum Gasteiger partial charge on any atom is -0.316 e. The van der Waals surface area contributed by atoms with E-state index in [-0.39, 0.29) is 16.6 Å². The van der Waals surface area contributed by atoms with Crippen LogP contribution in [0.3, 0.4) is 0 Å². The van der Waals surface area contributed by atoms with Gasteiger partial charge >= 0.3 is 0 Å². The molecule has 1 aromatic rings. The molecule has 0 radical (unpaired) electrons. The van der Waals surface area contributed by atoms with Crippen molar-refractivity contribution in [3.05, 3.63) is 33.8 Å². The Balaban J connectivity index is 2.27. The molecule has 1 aliphatic rings. The lowest BCUT2D eigenvalue weighted by Gasteiger charge is -2.38. The Hall–Kier alpha value is -0.570. The van der Waals surface area contributed by atoms with E-state index in [1.54, 1.807) is 18.2 Å². The lowest BCUT2D eigenvalue weighted by Crippen LogP contribution is -2.46. The second-order valence-corrected chi connectivity index (χ2v) is 8.39. The Labute approximate surface area is 143 Å². The average molecular weight is 342 g/mol. The topological polar surface area (TPSA) is 29.1 Å². The quantitative estimate of drug-likeness (QED) is 0.745. The van der Waals surface area contributed by atoms with Crippen LogP contribution in [0.5, 0.6) is 0 Å². The third-order valence-electron chi connectivity index (χ3n) is 4.49. The maximum atomic E-state index is 13.2. The van der Waals surface area contributed by atoms with Gasteiger partial charge in [-0.25, -0.2) is 0 Å². The molecule has 0 aromatic heterocycles. The predicted octanol–water partition coefficient (Wildman–Crippen LogP) is 5.37. The summed E-state index contributed by atoms with van der Waals surface area (Å²) in [7, 11) is 0. The molecule has 0 amide bonds. The van der Waals surface area contributed by atoms with Crippen LogP contribution in [0.1, 0.15) is 56.8 Å². The number of piperidine rings is 1.